The minimum absolute atomic E-state index is 0.0113. The predicted octanol–water partition coefficient (Wildman–Crippen LogP) is 4.09. The Kier molecular flexibility index (Phi) is 5.14. The van der Waals surface area contributed by atoms with Crippen LogP contribution in [0.4, 0.5) is 15.8 Å². The second kappa shape index (κ2) is 7.34. The van der Waals surface area contributed by atoms with Gasteiger partial charge in [-0.1, -0.05) is 11.8 Å². The molecule has 0 unspecified atom stereocenters. The Labute approximate surface area is 155 Å². The van der Waals surface area contributed by atoms with Crippen LogP contribution in [0, 0.1) is 29.8 Å². The van der Waals surface area contributed by atoms with E-state index in [1.807, 2.05) is 13.8 Å². The lowest BCUT2D eigenvalue weighted by atomic mass is 10.2. The molecule has 3 aromatic rings. The standard InChI is InChI=1S/C16H13FN4O3S2/c1-8-9(2)26-16-14(8)15(18-7-19-16)25-6-13(22)20-12-5-10(21(23)24)3-4-11(12)17/h3-5,7H,6H2,1-2H3,(H,20,22). The van der Waals surface area contributed by atoms with Crippen LogP contribution < -0.4 is 5.32 Å². The molecule has 1 N–H and O–H groups in total. The smallest absolute Gasteiger partial charge is 0.271 e. The SMILES string of the molecule is Cc1sc2ncnc(SCC(=O)Nc3cc([N+](=O)[O-])ccc3F)c2c1C. The van der Waals surface area contributed by atoms with Crippen molar-refractivity contribution in [3.63, 3.8) is 0 Å². The predicted molar refractivity (Wildman–Crippen MR) is 99.3 cm³/mol. The van der Waals surface area contributed by atoms with Crippen molar-refractivity contribution in [3.8, 4) is 0 Å². The van der Waals surface area contributed by atoms with Gasteiger partial charge < -0.3 is 5.32 Å². The van der Waals surface area contributed by atoms with Crippen molar-refractivity contribution in [2.24, 2.45) is 0 Å². The number of non-ortho nitro benzene ring substituents is 1. The highest BCUT2D eigenvalue weighted by atomic mass is 32.2. The Bertz CT molecular complexity index is 1020. The highest BCUT2D eigenvalue weighted by molar-refractivity contribution is 8.00. The van der Waals surface area contributed by atoms with E-state index in [1.165, 1.54) is 18.1 Å². The van der Waals surface area contributed by atoms with Crippen LogP contribution in [0.25, 0.3) is 10.2 Å². The molecule has 10 heteroatoms. The number of amides is 1. The van der Waals surface area contributed by atoms with Gasteiger partial charge in [-0.25, -0.2) is 14.4 Å². The van der Waals surface area contributed by atoms with E-state index < -0.39 is 16.6 Å². The Morgan fingerprint density at radius 3 is 2.88 bits per heavy atom. The van der Waals surface area contributed by atoms with Gasteiger partial charge >= 0.3 is 0 Å². The van der Waals surface area contributed by atoms with Gasteiger partial charge in [0.15, 0.2) is 0 Å². The van der Waals surface area contributed by atoms with Crippen molar-refractivity contribution in [1.29, 1.82) is 0 Å². The molecule has 2 aromatic heterocycles. The number of halogens is 1. The summed E-state index contributed by atoms with van der Waals surface area (Å²) in [6, 6.07) is 2.98. The number of anilines is 1. The summed E-state index contributed by atoms with van der Waals surface area (Å²) in [5, 5.41) is 14.7. The second-order valence-electron chi connectivity index (χ2n) is 5.40. The number of thiophene rings is 1. The summed E-state index contributed by atoms with van der Waals surface area (Å²) in [5.74, 6) is -1.23. The van der Waals surface area contributed by atoms with Crippen molar-refractivity contribution in [2.45, 2.75) is 18.9 Å². The summed E-state index contributed by atoms with van der Waals surface area (Å²) >= 11 is 2.77. The molecule has 0 spiro atoms. The maximum absolute atomic E-state index is 13.8. The average Bonchev–Trinajstić information content (AvgIpc) is 2.89. The molecule has 26 heavy (non-hydrogen) atoms. The Morgan fingerprint density at radius 2 is 2.15 bits per heavy atom. The average molecular weight is 392 g/mol. The van der Waals surface area contributed by atoms with E-state index in [9.17, 15) is 19.3 Å². The summed E-state index contributed by atoms with van der Waals surface area (Å²) in [6.07, 6.45) is 1.44. The number of nitrogens with one attached hydrogen (secondary N) is 1. The van der Waals surface area contributed by atoms with E-state index in [1.54, 1.807) is 11.3 Å². The number of rotatable bonds is 5. The lowest BCUT2D eigenvalue weighted by Gasteiger charge is -2.07. The van der Waals surface area contributed by atoms with Crippen LogP contribution >= 0.6 is 23.1 Å². The third-order valence-corrected chi connectivity index (χ3v) is 5.81. The zero-order valence-corrected chi connectivity index (χ0v) is 15.4. The van der Waals surface area contributed by atoms with E-state index in [4.69, 9.17) is 0 Å². The first-order valence-electron chi connectivity index (χ1n) is 7.44. The molecule has 0 saturated heterocycles. The number of carbonyl (C=O) groups excluding carboxylic acids is 1. The lowest BCUT2D eigenvalue weighted by molar-refractivity contribution is -0.384. The molecule has 1 amide bonds. The van der Waals surface area contributed by atoms with Crippen molar-refractivity contribution < 1.29 is 14.1 Å². The van der Waals surface area contributed by atoms with Crippen LogP contribution in [0.5, 0.6) is 0 Å². The van der Waals surface area contributed by atoms with E-state index in [-0.39, 0.29) is 17.1 Å². The van der Waals surface area contributed by atoms with Crippen molar-refractivity contribution in [1.82, 2.24) is 9.97 Å². The molecule has 2 heterocycles. The minimum atomic E-state index is -0.734. The molecular formula is C16H13FN4O3S2. The zero-order valence-electron chi connectivity index (χ0n) is 13.8. The van der Waals surface area contributed by atoms with Crippen LogP contribution in [0.1, 0.15) is 10.4 Å². The quantitative estimate of drug-likeness (QED) is 0.304. The Balaban J connectivity index is 1.74. The van der Waals surface area contributed by atoms with E-state index in [0.717, 1.165) is 38.9 Å². The Hall–Kier alpha value is -2.59. The van der Waals surface area contributed by atoms with Gasteiger partial charge in [0.05, 0.1) is 16.4 Å². The zero-order chi connectivity index (χ0) is 18.8. The normalized spacial score (nSPS) is 10.9. The van der Waals surface area contributed by atoms with Crippen LogP contribution in [-0.2, 0) is 4.79 Å². The highest BCUT2D eigenvalue weighted by Crippen LogP contribution is 2.34. The summed E-state index contributed by atoms with van der Waals surface area (Å²) in [6.45, 7) is 3.97. The molecule has 0 saturated carbocycles. The van der Waals surface area contributed by atoms with Gasteiger partial charge in [-0.15, -0.1) is 11.3 Å². The van der Waals surface area contributed by atoms with Gasteiger partial charge in [-0.2, -0.15) is 0 Å². The topological polar surface area (TPSA) is 98.0 Å². The third-order valence-electron chi connectivity index (χ3n) is 3.71. The lowest BCUT2D eigenvalue weighted by Crippen LogP contribution is -2.15. The minimum Gasteiger partial charge on any atom is -0.323 e. The number of carbonyl (C=O) groups is 1. The second-order valence-corrected chi connectivity index (χ2v) is 7.57. The summed E-state index contributed by atoms with van der Waals surface area (Å²) < 4.78 is 13.8. The molecule has 7 nitrogen and oxygen atoms in total. The summed E-state index contributed by atoms with van der Waals surface area (Å²) in [4.78, 5) is 32.7. The van der Waals surface area contributed by atoms with E-state index >= 15 is 0 Å². The number of aryl methyl sites for hydroxylation is 2. The molecule has 0 fully saturated rings. The monoisotopic (exact) mass is 392 g/mol. The van der Waals surface area contributed by atoms with Crippen molar-refractivity contribution in [2.75, 3.05) is 11.1 Å². The number of hydrogen-bond donors (Lipinski definition) is 1. The number of nitro benzene ring substituents is 1. The van der Waals surface area contributed by atoms with E-state index in [0.29, 0.717) is 5.03 Å². The van der Waals surface area contributed by atoms with Crippen molar-refractivity contribution in [3.05, 3.63) is 50.9 Å². The number of hydrogen-bond acceptors (Lipinski definition) is 7. The molecule has 0 aliphatic rings. The first kappa shape index (κ1) is 18.2. The molecule has 0 aliphatic heterocycles. The molecule has 3 rings (SSSR count). The van der Waals surface area contributed by atoms with Crippen LogP contribution in [0.2, 0.25) is 0 Å². The number of fused-ring (bicyclic) bond motifs is 1. The number of nitro groups is 1. The third kappa shape index (κ3) is 3.65. The first-order valence-corrected chi connectivity index (χ1v) is 9.24. The fourth-order valence-corrected chi connectivity index (χ4v) is 4.22. The molecule has 1 aromatic carbocycles. The number of benzene rings is 1. The highest BCUT2D eigenvalue weighted by Gasteiger charge is 2.16. The largest absolute Gasteiger partial charge is 0.323 e. The maximum Gasteiger partial charge on any atom is 0.271 e. The number of thioether (sulfide) groups is 1. The maximum atomic E-state index is 13.8. The van der Waals surface area contributed by atoms with E-state index in [2.05, 4.69) is 15.3 Å². The van der Waals surface area contributed by atoms with Gasteiger partial charge in [-0.3, -0.25) is 14.9 Å². The van der Waals surface area contributed by atoms with Gasteiger partial charge in [0.1, 0.15) is 22.0 Å². The molecule has 0 atom stereocenters. The summed E-state index contributed by atoms with van der Waals surface area (Å²) in [7, 11) is 0. The number of aromatic nitrogens is 2. The van der Waals surface area contributed by atoms with Gasteiger partial charge in [0, 0.05) is 22.4 Å². The number of nitrogens with zero attached hydrogens (tertiary/aromatic N) is 3. The first-order chi connectivity index (χ1) is 12.4. The molecular weight excluding hydrogens is 379 g/mol. The Morgan fingerprint density at radius 1 is 1.38 bits per heavy atom. The van der Waals surface area contributed by atoms with Gasteiger partial charge in [0.2, 0.25) is 5.91 Å². The van der Waals surface area contributed by atoms with Crippen LogP contribution in [0.15, 0.2) is 29.6 Å². The molecule has 0 bridgehead atoms. The van der Waals surface area contributed by atoms with Gasteiger partial charge in [-0.05, 0) is 25.5 Å². The fourth-order valence-electron chi connectivity index (χ4n) is 2.30. The van der Waals surface area contributed by atoms with Crippen LogP contribution in [-0.4, -0.2) is 26.6 Å². The van der Waals surface area contributed by atoms with Gasteiger partial charge in [0.25, 0.3) is 5.69 Å². The fraction of sp³-hybridized carbons (Fsp3) is 0.188. The molecule has 0 radical (unpaired) electrons. The summed E-state index contributed by atoms with van der Waals surface area (Å²) in [5.41, 5.74) is 0.551. The molecule has 134 valence electrons. The van der Waals surface area contributed by atoms with Crippen molar-refractivity contribution >= 4 is 50.6 Å². The molecule has 0 aliphatic carbocycles. The van der Waals surface area contributed by atoms with Crippen LogP contribution in [0.3, 0.4) is 0 Å².